The third kappa shape index (κ3) is 10.8. The number of nitrogens with one attached hydrogen (secondary N) is 1. The van der Waals surface area contributed by atoms with Gasteiger partial charge in [0, 0.05) is 37.1 Å². The van der Waals surface area contributed by atoms with Crippen LogP contribution in [0.5, 0.6) is 11.5 Å². The lowest BCUT2D eigenvalue weighted by Crippen LogP contribution is -2.39. The van der Waals surface area contributed by atoms with E-state index in [0.717, 1.165) is 58.2 Å². The lowest BCUT2D eigenvalue weighted by Gasteiger charge is -2.28. The predicted molar refractivity (Wildman–Crippen MR) is 191 cm³/mol. The second kappa shape index (κ2) is 17.0. The number of hydroxylamine groups is 1. The molecule has 0 saturated carbocycles. The highest BCUT2D eigenvalue weighted by Crippen LogP contribution is 2.26. The molecule has 1 saturated heterocycles. The van der Waals surface area contributed by atoms with E-state index >= 15 is 0 Å². The van der Waals surface area contributed by atoms with Crippen molar-refractivity contribution in [3.8, 4) is 11.5 Å². The molecule has 0 aliphatic carbocycles. The largest absolute Gasteiger partial charge is 0.497 e. The van der Waals surface area contributed by atoms with Gasteiger partial charge in [-0.15, -0.1) is 0 Å². The number of rotatable bonds is 13. The van der Waals surface area contributed by atoms with E-state index in [1.807, 2.05) is 106 Å². The highest BCUT2D eigenvalue weighted by atomic mass is 16.8. The van der Waals surface area contributed by atoms with Gasteiger partial charge in [0.25, 0.3) is 5.91 Å². The number of amides is 2. The van der Waals surface area contributed by atoms with Crippen LogP contribution in [0, 0.1) is 0 Å². The SMILES string of the molecule is COc1ccc(CCN(C/C(=C/c2ccc(C(=O)NOC3CCCCO3)cc2)COc2cccc3ccccc23)C(=O)OC(C)(C)C)cc1. The van der Waals surface area contributed by atoms with E-state index in [1.165, 1.54) is 0 Å². The van der Waals surface area contributed by atoms with Gasteiger partial charge in [0.1, 0.15) is 23.7 Å². The van der Waals surface area contributed by atoms with E-state index in [-0.39, 0.29) is 19.1 Å². The predicted octanol–water partition coefficient (Wildman–Crippen LogP) is 7.98. The summed E-state index contributed by atoms with van der Waals surface area (Å²) in [5, 5.41) is 2.08. The van der Waals surface area contributed by atoms with Crippen molar-refractivity contribution in [2.24, 2.45) is 0 Å². The third-order valence-electron chi connectivity index (χ3n) is 8.00. The van der Waals surface area contributed by atoms with E-state index in [4.69, 9.17) is 23.8 Å². The molecule has 0 aromatic heterocycles. The number of carbonyl (C=O) groups is 2. The normalized spacial score (nSPS) is 15.0. The van der Waals surface area contributed by atoms with E-state index in [0.29, 0.717) is 25.1 Å². The Labute approximate surface area is 288 Å². The minimum Gasteiger partial charge on any atom is -0.497 e. The molecule has 1 heterocycles. The molecular weight excluding hydrogens is 620 g/mol. The summed E-state index contributed by atoms with van der Waals surface area (Å²) in [6.07, 6.45) is 4.51. The molecule has 0 radical (unpaired) electrons. The molecule has 1 unspecified atom stereocenters. The maximum Gasteiger partial charge on any atom is 0.410 e. The van der Waals surface area contributed by atoms with Gasteiger partial charge < -0.3 is 23.8 Å². The number of methoxy groups -OCH3 is 1. The summed E-state index contributed by atoms with van der Waals surface area (Å²) < 4.78 is 23.1. The quantitative estimate of drug-likeness (QED) is 0.145. The number of benzene rings is 4. The van der Waals surface area contributed by atoms with Gasteiger partial charge in [-0.05, 0) is 92.5 Å². The first-order valence-corrected chi connectivity index (χ1v) is 16.8. The maximum absolute atomic E-state index is 13.6. The summed E-state index contributed by atoms with van der Waals surface area (Å²) in [6.45, 7) is 7.13. The van der Waals surface area contributed by atoms with Crippen LogP contribution in [0.3, 0.4) is 0 Å². The zero-order valence-corrected chi connectivity index (χ0v) is 28.8. The third-order valence-corrected chi connectivity index (χ3v) is 8.00. The molecule has 4 aromatic rings. The van der Waals surface area contributed by atoms with Crippen molar-refractivity contribution in [3.05, 3.63) is 113 Å². The molecule has 1 aliphatic heterocycles. The van der Waals surface area contributed by atoms with Crippen molar-refractivity contribution in [1.29, 1.82) is 0 Å². The molecular formula is C40H46N2O7. The maximum atomic E-state index is 13.6. The van der Waals surface area contributed by atoms with Gasteiger partial charge in [0.2, 0.25) is 0 Å². The monoisotopic (exact) mass is 666 g/mol. The van der Waals surface area contributed by atoms with Crippen molar-refractivity contribution in [2.45, 2.75) is 58.3 Å². The average Bonchev–Trinajstić information content (AvgIpc) is 3.11. The van der Waals surface area contributed by atoms with Gasteiger partial charge in [-0.3, -0.25) is 4.79 Å². The highest BCUT2D eigenvalue weighted by molar-refractivity contribution is 5.93. The summed E-state index contributed by atoms with van der Waals surface area (Å²) in [5.74, 6) is 1.18. The van der Waals surface area contributed by atoms with Crippen LogP contribution in [0.2, 0.25) is 0 Å². The number of fused-ring (bicyclic) bond motifs is 1. The van der Waals surface area contributed by atoms with E-state index in [2.05, 4.69) is 5.48 Å². The van der Waals surface area contributed by atoms with Crippen LogP contribution in [-0.4, -0.2) is 62.2 Å². The number of ether oxygens (including phenoxy) is 4. The van der Waals surface area contributed by atoms with Crippen LogP contribution in [0.1, 0.15) is 61.5 Å². The molecule has 2 amide bonds. The minimum absolute atomic E-state index is 0.229. The van der Waals surface area contributed by atoms with Gasteiger partial charge in [-0.1, -0.05) is 66.7 Å². The Balaban J connectivity index is 1.37. The smallest absolute Gasteiger partial charge is 0.410 e. The molecule has 258 valence electrons. The summed E-state index contributed by atoms with van der Waals surface area (Å²) in [7, 11) is 1.64. The van der Waals surface area contributed by atoms with Crippen LogP contribution in [0.25, 0.3) is 16.8 Å². The molecule has 1 fully saturated rings. The fourth-order valence-corrected chi connectivity index (χ4v) is 5.44. The number of carbonyl (C=O) groups excluding carboxylic acids is 2. The van der Waals surface area contributed by atoms with E-state index < -0.39 is 18.0 Å². The topological polar surface area (TPSA) is 95.6 Å². The lowest BCUT2D eigenvalue weighted by atomic mass is 10.1. The second-order valence-electron chi connectivity index (χ2n) is 13.0. The zero-order chi connectivity index (χ0) is 34.6. The first-order valence-electron chi connectivity index (χ1n) is 16.8. The van der Waals surface area contributed by atoms with Crippen LogP contribution in [0.15, 0.2) is 96.6 Å². The zero-order valence-electron chi connectivity index (χ0n) is 28.8. The number of hydrogen-bond acceptors (Lipinski definition) is 7. The molecule has 49 heavy (non-hydrogen) atoms. The van der Waals surface area contributed by atoms with E-state index in [1.54, 1.807) is 24.1 Å². The average molecular weight is 667 g/mol. The Morgan fingerprint density at radius 2 is 1.69 bits per heavy atom. The van der Waals surface area contributed by atoms with Crippen LogP contribution < -0.4 is 15.0 Å². The molecule has 9 heteroatoms. The minimum atomic E-state index is -0.665. The van der Waals surface area contributed by atoms with Gasteiger partial charge >= 0.3 is 6.09 Å². The van der Waals surface area contributed by atoms with Gasteiger partial charge in [-0.2, -0.15) is 0 Å². The molecule has 0 bridgehead atoms. The Hall–Kier alpha value is -4.86. The van der Waals surface area contributed by atoms with Gasteiger partial charge in [-0.25, -0.2) is 15.1 Å². The summed E-state index contributed by atoms with van der Waals surface area (Å²) in [4.78, 5) is 33.5. The number of hydrogen-bond donors (Lipinski definition) is 1. The Morgan fingerprint density at radius 3 is 2.41 bits per heavy atom. The van der Waals surface area contributed by atoms with Crippen LogP contribution in [0.4, 0.5) is 4.79 Å². The van der Waals surface area contributed by atoms with Crippen molar-refractivity contribution >= 4 is 28.8 Å². The highest BCUT2D eigenvalue weighted by Gasteiger charge is 2.23. The van der Waals surface area contributed by atoms with Crippen molar-refractivity contribution in [1.82, 2.24) is 10.4 Å². The molecule has 0 spiro atoms. The molecule has 4 aromatic carbocycles. The van der Waals surface area contributed by atoms with E-state index in [9.17, 15) is 9.59 Å². The second-order valence-corrected chi connectivity index (χ2v) is 13.0. The standard InChI is InChI=1S/C40H46N2O7/c1-40(2,3)48-39(44)42(24-23-29-17-21-34(45-4)22-18-29)27-31(28-47-36-13-9-11-32-10-5-6-12-35(32)36)26-30-15-19-33(20-16-30)38(43)41-49-37-14-7-8-25-46-37/h5-6,9-13,15-22,26,37H,7-8,14,23-25,27-28H2,1-4H3,(H,41,43)/b31-26-. The molecule has 5 rings (SSSR count). The number of nitrogens with zero attached hydrogens (tertiary/aromatic N) is 1. The Bertz CT molecular complexity index is 1700. The summed E-state index contributed by atoms with van der Waals surface area (Å²) in [6, 6.07) is 29.1. The van der Waals surface area contributed by atoms with Crippen molar-refractivity contribution < 1.29 is 33.4 Å². The first-order chi connectivity index (χ1) is 23.7. The fraction of sp³-hybridized carbons (Fsp3) is 0.350. The molecule has 9 nitrogen and oxygen atoms in total. The summed E-state index contributed by atoms with van der Waals surface area (Å²) in [5.41, 5.74) is 5.07. The molecule has 1 N–H and O–H groups in total. The summed E-state index contributed by atoms with van der Waals surface area (Å²) >= 11 is 0. The van der Waals surface area contributed by atoms with Crippen molar-refractivity contribution in [2.75, 3.05) is 33.4 Å². The molecule has 1 aliphatic rings. The Morgan fingerprint density at radius 1 is 0.939 bits per heavy atom. The van der Waals surface area contributed by atoms with Gasteiger partial charge in [0.15, 0.2) is 6.29 Å². The molecule has 1 atom stereocenters. The lowest BCUT2D eigenvalue weighted by molar-refractivity contribution is -0.186. The van der Waals surface area contributed by atoms with Crippen molar-refractivity contribution in [3.63, 3.8) is 0 Å². The first kappa shape index (κ1) is 35.4. The van der Waals surface area contributed by atoms with Crippen LogP contribution >= 0.6 is 0 Å². The van der Waals surface area contributed by atoms with Crippen LogP contribution in [-0.2, 0) is 20.7 Å². The van der Waals surface area contributed by atoms with Gasteiger partial charge in [0.05, 0.1) is 7.11 Å². The Kier molecular flexibility index (Phi) is 12.3. The fourth-order valence-electron chi connectivity index (χ4n) is 5.44.